The quantitative estimate of drug-likeness (QED) is 0.0670. The first-order chi connectivity index (χ1) is 20.5. The van der Waals surface area contributed by atoms with Crippen LogP contribution in [0.25, 0.3) is 0 Å². The van der Waals surface area contributed by atoms with Crippen LogP contribution in [0.4, 0.5) is 4.79 Å². The lowest BCUT2D eigenvalue weighted by Crippen LogP contribution is -2.34. The normalized spacial score (nSPS) is 12.9. The number of carbonyl (C=O) groups excluding carboxylic acids is 1. The van der Waals surface area contributed by atoms with Crippen molar-refractivity contribution in [3.8, 4) is 0 Å². The predicted octanol–water partition coefficient (Wildman–Crippen LogP) is 11.6. The van der Waals surface area contributed by atoms with Gasteiger partial charge >= 0.3 is 6.09 Å². The Bertz CT molecular complexity index is 629. The summed E-state index contributed by atoms with van der Waals surface area (Å²) in [6, 6.07) is 0. The Labute approximate surface area is 263 Å². The van der Waals surface area contributed by atoms with Gasteiger partial charge in [0.1, 0.15) is 6.10 Å². The van der Waals surface area contributed by atoms with Gasteiger partial charge in [-0.15, -0.1) is 0 Å². The Kier molecular flexibility index (Phi) is 31.2. The second kappa shape index (κ2) is 32.4. The van der Waals surface area contributed by atoms with Crippen molar-refractivity contribution in [3.63, 3.8) is 0 Å². The van der Waals surface area contributed by atoms with Crippen molar-refractivity contribution >= 4 is 6.09 Å². The first kappa shape index (κ1) is 40.5. The van der Waals surface area contributed by atoms with Gasteiger partial charge in [-0.25, -0.2) is 4.79 Å². The average molecular weight is 589 g/mol. The maximum Gasteiger partial charge on any atom is 0.407 e. The van der Waals surface area contributed by atoms with Crippen LogP contribution in [0, 0.1) is 5.92 Å². The van der Waals surface area contributed by atoms with Crippen molar-refractivity contribution < 1.29 is 9.53 Å². The molecular formula is C38H72N2O2. The molecule has 0 aliphatic heterocycles. The minimum Gasteiger partial charge on any atom is -0.446 e. The molecule has 4 nitrogen and oxygen atoms in total. The molecule has 1 atom stereocenters. The minimum atomic E-state index is -0.231. The monoisotopic (exact) mass is 589 g/mol. The lowest BCUT2D eigenvalue weighted by atomic mass is 9.87. The number of rotatable bonds is 30. The molecular weight excluding hydrogens is 516 g/mol. The predicted molar refractivity (Wildman–Crippen MR) is 186 cm³/mol. The number of hydrogen-bond acceptors (Lipinski definition) is 3. The van der Waals surface area contributed by atoms with Gasteiger partial charge in [-0.05, 0) is 129 Å². The number of alkyl carbamates (subject to hydrolysis) is 1. The van der Waals surface area contributed by atoms with E-state index in [1.807, 2.05) is 0 Å². The fraction of sp³-hybridized carbons (Fsp3) is 0.816. The molecule has 0 heterocycles. The summed E-state index contributed by atoms with van der Waals surface area (Å²) in [7, 11) is 4.13. The van der Waals surface area contributed by atoms with E-state index in [0.717, 1.165) is 57.9 Å². The number of ether oxygens (including phenoxy) is 1. The molecule has 4 heteroatoms. The molecule has 42 heavy (non-hydrogen) atoms. The molecule has 0 rings (SSSR count). The molecule has 0 radical (unpaired) electrons. The lowest BCUT2D eigenvalue weighted by molar-refractivity contribution is 0.0474. The fourth-order valence-corrected chi connectivity index (χ4v) is 5.35. The highest BCUT2D eigenvalue weighted by Gasteiger charge is 2.24. The number of nitrogens with one attached hydrogen (secondary N) is 1. The molecule has 0 aliphatic carbocycles. The van der Waals surface area contributed by atoms with E-state index in [1.165, 1.54) is 89.9 Å². The van der Waals surface area contributed by atoms with Gasteiger partial charge < -0.3 is 15.0 Å². The van der Waals surface area contributed by atoms with Gasteiger partial charge in [-0.1, -0.05) is 95.8 Å². The van der Waals surface area contributed by atoms with E-state index in [0.29, 0.717) is 12.5 Å². The number of nitrogens with zero attached hydrogens (tertiary/aromatic N) is 1. The number of hydrogen-bond donors (Lipinski definition) is 1. The molecule has 0 aromatic heterocycles. The van der Waals surface area contributed by atoms with E-state index in [-0.39, 0.29) is 12.2 Å². The Hall–Kier alpha value is -1.55. The fourth-order valence-electron chi connectivity index (χ4n) is 5.35. The molecule has 0 fully saturated rings. The van der Waals surface area contributed by atoms with Crippen molar-refractivity contribution in [2.24, 2.45) is 5.92 Å². The highest BCUT2D eigenvalue weighted by Crippen LogP contribution is 2.27. The van der Waals surface area contributed by atoms with Crippen LogP contribution in [-0.2, 0) is 4.74 Å². The van der Waals surface area contributed by atoms with Crippen LogP contribution in [0.1, 0.15) is 162 Å². The van der Waals surface area contributed by atoms with Crippen LogP contribution in [0.3, 0.4) is 0 Å². The SMILES string of the molecule is CCCCC/C=C/CCCC(CCC/C=C/CCCCC)C(CCC/C=C/CCCCC)OC(=O)NCCCN(C)C. The van der Waals surface area contributed by atoms with Crippen LogP contribution in [0.15, 0.2) is 36.5 Å². The van der Waals surface area contributed by atoms with Gasteiger partial charge in [0.05, 0.1) is 0 Å². The van der Waals surface area contributed by atoms with Crippen LogP contribution < -0.4 is 5.32 Å². The molecule has 1 unspecified atom stereocenters. The summed E-state index contributed by atoms with van der Waals surface area (Å²) in [4.78, 5) is 15.0. The van der Waals surface area contributed by atoms with Crippen LogP contribution >= 0.6 is 0 Å². The van der Waals surface area contributed by atoms with Gasteiger partial charge in [0.15, 0.2) is 0 Å². The first-order valence-electron chi connectivity index (χ1n) is 18.1. The summed E-state index contributed by atoms with van der Waals surface area (Å²) < 4.78 is 6.20. The van der Waals surface area contributed by atoms with Gasteiger partial charge in [0, 0.05) is 6.54 Å². The summed E-state index contributed by atoms with van der Waals surface area (Å²) in [5.74, 6) is 0.424. The number of carbonyl (C=O) groups is 1. The lowest BCUT2D eigenvalue weighted by Gasteiger charge is -2.27. The Morgan fingerprint density at radius 3 is 1.40 bits per heavy atom. The Morgan fingerprint density at radius 2 is 1.00 bits per heavy atom. The molecule has 0 aromatic carbocycles. The third kappa shape index (κ3) is 28.6. The summed E-state index contributed by atoms with van der Waals surface area (Å²) >= 11 is 0. The molecule has 246 valence electrons. The standard InChI is InChI=1S/C38H72N2O2/c1-6-9-12-15-18-21-24-27-31-36(32-28-25-22-19-16-13-10-7-2)37(33-29-26-23-20-17-14-11-8-3)42-38(41)39-34-30-35-40(4)5/h18-23,36-37H,6-17,24-35H2,1-5H3,(H,39,41)/b21-18+,22-19+,23-20+. The molecule has 0 saturated carbocycles. The highest BCUT2D eigenvalue weighted by atomic mass is 16.6. The Balaban J connectivity index is 5.13. The third-order valence-corrected chi connectivity index (χ3v) is 8.01. The number of allylic oxidation sites excluding steroid dienone is 6. The average Bonchev–Trinajstić information content (AvgIpc) is 2.97. The van der Waals surface area contributed by atoms with E-state index in [2.05, 4.69) is 81.5 Å². The summed E-state index contributed by atoms with van der Waals surface area (Å²) in [5.41, 5.74) is 0. The molecule has 0 bridgehead atoms. The first-order valence-corrected chi connectivity index (χ1v) is 18.1. The van der Waals surface area contributed by atoms with Crippen molar-refractivity contribution in [2.45, 2.75) is 168 Å². The summed E-state index contributed by atoms with van der Waals surface area (Å²) in [6.45, 7) is 8.42. The van der Waals surface area contributed by atoms with Crippen LogP contribution in [0.2, 0.25) is 0 Å². The van der Waals surface area contributed by atoms with E-state index < -0.39 is 0 Å². The van der Waals surface area contributed by atoms with E-state index >= 15 is 0 Å². The van der Waals surface area contributed by atoms with Crippen molar-refractivity contribution in [3.05, 3.63) is 36.5 Å². The zero-order valence-corrected chi connectivity index (χ0v) is 28.9. The molecule has 1 amide bonds. The highest BCUT2D eigenvalue weighted by molar-refractivity contribution is 5.67. The second-order valence-electron chi connectivity index (χ2n) is 12.5. The van der Waals surface area contributed by atoms with Gasteiger partial charge in [0.25, 0.3) is 0 Å². The Morgan fingerprint density at radius 1 is 0.595 bits per heavy atom. The van der Waals surface area contributed by atoms with Gasteiger partial charge in [-0.3, -0.25) is 0 Å². The minimum absolute atomic E-state index is 0.00518. The molecule has 0 aliphatic rings. The van der Waals surface area contributed by atoms with Crippen molar-refractivity contribution in [1.82, 2.24) is 10.2 Å². The maximum absolute atomic E-state index is 12.9. The van der Waals surface area contributed by atoms with Crippen molar-refractivity contribution in [1.29, 1.82) is 0 Å². The third-order valence-electron chi connectivity index (χ3n) is 8.01. The molecule has 1 N–H and O–H groups in total. The zero-order chi connectivity index (χ0) is 30.9. The number of unbranched alkanes of at least 4 members (excludes halogenated alkanes) is 12. The van der Waals surface area contributed by atoms with E-state index in [1.54, 1.807) is 0 Å². The summed E-state index contributed by atoms with van der Waals surface area (Å²) in [5, 5.41) is 3.03. The number of amides is 1. The van der Waals surface area contributed by atoms with Gasteiger partial charge in [0.2, 0.25) is 0 Å². The molecule has 0 aromatic rings. The summed E-state index contributed by atoms with van der Waals surface area (Å²) in [6.07, 6.45) is 40.1. The maximum atomic E-state index is 12.9. The second-order valence-corrected chi connectivity index (χ2v) is 12.5. The zero-order valence-electron chi connectivity index (χ0n) is 28.9. The van der Waals surface area contributed by atoms with Crippen LogP contribution in [-0.4, -0.2) is 44.3 Å². The topological polar surface area (TPSA) is 41.6 Å². The molecule has 0 spiro atoms. The smallest absolute Gasteiger partial charge is 0.407 e. The van der Waals surface area contributed by atoms with E-state index in [4.69, 9.17) is 4.74 Å². The van der Waals surface area contributed by atoms with E-state index in [9.17, 15) is 4.79 Å². The largest absolute Gasteiger partial charge is 0.446 e. The van der Waals surface area contributed by atoms with Gasteiger partial charge in [-0.2, -0.15) is 0 Å². The van der Waals surface area contributed by atoms with Crippen LogP contribution in [0.5, 0.6) is 0 Å². The molecule has 0 saturated heterocycles. The van der Waals surface area contributed by atoms with Crippen molar-refractivity contribution in [2.75, 3.05) is 27.2 Å².